The van der Waals surface area contributed by atoms with Crippen molar-refractivity contribution in [3.8, 4) is 0 Å². The number of carbonyl (C=O) groups excluding carboxylic acids is 3. The molecule has 0 heterocycles. The third-order valence-corrected chi connectivity index (χ3v) is 4.45. The van der Waals surface area contributed by atoms with Crippen molar-refractivity contribution in [2.24, 2.45) is 11.7 Å². The Balaban J connectivity index is 5.58. The van der Waals surface area contributed by atoms with E-state index in [2.05, 4.69) is 0 Å². The molecule has 0 saturated carbocycles. The fourth-order valence-corrected chi connectivity index (χ4v) is 2.78. The highest BCUT2D eigenvalue weighted by Crippen LogP contribution is 2.14. The Kier molecular flexibility index (Phi) is 9.79. The van der Waals surface area contributed by atoms with Crippen LogP contribution in [0.15, 0.2) is 0 Å². The maximum Gasteiger partial charge on any atom is 0.264 e. The first-order valence-corrected chi connectivity index (χ1v) is 10.3. The summed E-state index contributed by atoms with van der Waals surface area (Å²) in [5.41, 5.74) is 5.41. The molecule has 0 saturated heterocycles. The summed E-state index contributed by atoms with van der Waals surface area (Å²) in [4.78, 5) is 39.1. The highest BCUT2D eigenvalue weighted by Gasteiger charge is 2.35. The van der Waals surface area contributed by atoms with Gasteiger partial charge in [-0.15, -0.1) is 0 Å². The molecule has 2 atom stereocenters. The average molecular weight is 394 g/mol. The second-order valence-electron chi connectivity index (χ2n) is 6.76. The number of nitrogens with zero attached hydrogens (tertiary/aromatic N) is 2. The van der Waals surface area contributed by atoms with Crippen LogP contribution in [0.25, 0.3) is 0 Å². The highest BCUT2D eigenvalue weighted by molar-refractivity contribution is 7.85. The first kappa shape index (κ1) is 24.3. The molecule has 0 bridgehead atoms. The highest BCUT2D eigenvalue weighted by atomic mass is 32.2. The molecule has 0 radical (unpaired) electrons. The summed E-state index contributed by atoms with van der Waals surface area (Å²) in [5, 5.41) is 0. The molecule has 10 heteroatoms. The SMILES string of the molecule is CCCC(=O)N(C)C(COS(C)(=O)=O)C(=O)N(C)[C@@H](CC(C)C)C(N)=O. The van der Waals surface area contributed by atoms with Crippen molar-refractivity contribution in [2.75, 3.05) is 27.0 Å². The van der Waals surface area contributed by atoms with E-state index in [9.17, 15) is 22.8 Å². The maximum absolute atomic E-state index is 12.9. The number of primary amides is 1. The Labute approximate surface area is 156 Å². The molecule has 0 aromatic carbocycles. The molecule has 0 fully saturated rings. The minimum atomic E-state index is -3.81. The van der Waals surface area contributed by atoms with Crippen LogP contribution in [0.1, 0.15) is 40.0 Å². The van der Waals surface area contributed by atoms with Crippen LogP contribution in [0.2, 0.25) is 0 Å². The summed E-state index contributed by atoms with van der Waals surface area (Å²) >= 11 is 0. The fourth-order valence-electron chi connectivity index (χ4n) is 2.40. The van der Waals surface area contributed by atoms with Crippen molar-refractivity contribution in [3.05, 3.63) is 0 Å². The number of nitrogens with two attached hydrogens (primary N) is 1. The van der Waals surface area contributed by atoms with Crippen LogP contribution in [-0.2, 0) is 28.7 Å². The molecule has 0 aliphatic heterocycles. The van der Waals surface area contributed by atoms with E-state index in [1.54, 1.807) is 0 Å². The van der Waals surface area contributed by atoms with Gasteiger partial charge < -0.3 is 15.5 Å². The van der Waals surface area contributed by atoms with Crippen molar-refractivity contribution >= 4 is 27.8 Å². The number of likely N-dealkylation sites (N-methyl/N-ethyl adjacent to an activating group) is 2. The lowest BCUT2D eigenvalue weighted by atomic mass is 10.0. The van der Waals surface area contributed by atoms with Gasteiger partial charge in [0.25, 0.3) is 10.1 Å². The molecule has 0 spiro atoms. The minimum Gasteiger partial charge on any atom is -0.368 e. The van der Waals surface area contributed by atoms with Crippen molar-refractivity contribution in [2.45, 2.75) is 52.1 Å². The van der Waals surface area contributed by atoms with E-state index in [1.807, 2.05) is 20.8 Å². The monoisotopic (exact) mass is 393 g/mol. The topological polar surface area (TPSA) is 127 Å². The molecule has 1 unspecified atom stereocenters. The lowest BCUT2D eigenvalue weighted by Gasteiger charge is -2.34. The van der Waals surface area contributed by atoms with Crippen molar-refractivity contribution in [1.29, 1.82) is 0 Å². The molecule has 2 N–H and O–H groups in total. The molecule has 0 aliphatic carbocycles. The number of rotatable bonds is 11. The zero-order valence-corrected chi connectivity index (χ0v) is 17.2. The summed E-state index contributed by atoms with van der Waals surface area (Å²) in [6.45, 7) is 5.05. The van der Waals surface area contributed by atoms with Crippen LogP contribution >= 0.6 is 0 Å². The van der Waals surface area contributed by atoms with Crippen LogP contribution in [0.3, 0.4) is 0 Å². The predicted molar refractivity (Wildman–Crippen MR) is 97.5 cm³/mol. The lowest BCUT2D eigenvalue weighted by molar-refractivity contribution is -0.148. The smallest absolute Gasteiger partial charge is 0.264 e. The van der Waals surface area contributed by atoms with Gasteiger partial charge in [0.2, 0.25) is 17.7 Å². The first-order chi connectivity index (χ1) is 11.8. The Morgan fingerprint density at radius 2 is 1.62 bits per heavy atom. The van der Waals surface area contributed by atoms with Gasteiger partial charge in [0.15, 0.2) is 0 Å². The van der Waals surface area contributed by atoms with E-state index in [4.69, 9.17) is 9.92 Å². The Bertz CT molecular complexity index is 605. The largest absolute Gasteiger partial charge is 0.368 e. The Morgan fingerprint density at radius 1 is 1.08 bits per heavy atom. The molecule has 26 heavy (non-hydrogen) atoms. The second kappa shape index (κ2) is 10.5. The Hall–Kier alpha value is -1.68. The standard InChI is InChI=1S/C16H31N3O6S/c1-7-8-14(20)18(4)13(10-25-26(6,23)24)16(22)19(5)12(15(17)21)9-11(2)3/h11-13H,7-10H2,1-6H3,(H2,17,21)/t12-,13?/m0/s1. The van der Waals surface area contributed by atoms with Crippen LogP contribution in [0.5, 0.6) is 0 Å². The van der Waals surface area contributed by atoms with E-state index in [0.717, 1.165) is 16.1 Å². The molecule has 0 rings (SSSR count). The summed E-state index contributed by atoms with van der Waals surface area (Å²) in [7, 11) is -0.993. The summed E-state index contributed by atoms with van der Waals surface area (Å²) in [6, 6.07) is -2.04. The zero-order chi connectivity index (χ0) is 20.7. The van der Waals surface area contributed by atoms with E-state index in [1.165, 1.54) is 14.1 Å². The maximum atomic E-state index is 12.9. The average Bonchev–Trinajstić information content (AvgIpc) is 2.50. The number of hydrogen-bond donors (Lipinski definition) is 1. The van der Waals surface area contributed by atoms with Gasteiger partial charge in [-0.05, 0) is 18.8 Å². The van der Waals surface area contributed by atoms with Gasteiger partial charge in [0.1, 0.15) is 12.1 Å². The zero-order valence-electron chi connectivity index (χ0n) is 16.4. The van der Waals surface area contributed by atoms with Crippen molar-refractivity contribution in [3.63, 3.8) is 0 Å². The third kappa shape index (κ3) is 8.13. The number of amides is 3. The third-order valence-electron chi connectivity index (χ3n) is 3.89. The van der Waals surface area contributed by atoms with Gasteiger partial charge in [-0.25, -0.2) is 0 Å². The molecular weight excluding hydrogens is 362 g/mol. The second-order valence-corrected chi connectivity index (χ2v) is 8.40. The van der Waals surface area contributed by atoms with E-state index < -0.39 is 40.6 Å². The van der Waals surface area contributed by atoms with Gasteiger partial charge in [-0.3, -0.25) is 18.6 Å². The van der Waals surface area contributed by atoms with Crippen LogP contribution in [0, 0.1) is 5.92 Å². The lowest BCUT2D eigenvalue weighted by Crippen LogP contribution is -2.55. The van der Waals surface area contributed by atoms with E-state index >= 15 is 0 Å². The molecule has 3 amide bonds. The van der Waals surface area contributed by atoms with Crippen LogP contribution < -0.4 is 5.73 Å². The van der Waals surface area contributed by atoms with Crippen LogP contribution in [-0.4, -0.2) is 75.0 Å². The van der Waals surface area contributed by atoms with Crippen molar-refractivity contribution < 1.29 is 27.0 Å². The molecule has 0 aromatic heterocycles. The first-order valence-electron chi connectivity index (χ1n) is 8.47. The number of carbonyl (C=O) groups is 3. The van der Waals surface area contributed by atoms with Gasteiger partial charge in [0.05, 0.1) is 12.9 Å². The van der Waals surface area contributed by atoms with Gasteiger partial charge in [-0.1, -0.05) is 20.8 Å². The van der Waals surface area contributed by atoms with Crippen LogP contribution in [0.4, 0.5) is 0 Å². The van der Waals surface area contributed by atoms with E-state index in [-0.39, 0.29) is 18.2 Å². The predicted octanol–water partition coefficient (Wildman–Crippen LogP) is -0.0519. The normalized spacial score (nSPS) is 14.0. The van der Waals surface area contributed by atoms with Crippen molar-refractivity contribution in [1.82, 2.24) is 9.80 Å². The molecule has 0 aliphatic rings. The minimum absolute atomic E-state index is 0.105. The molecule has 0 aromatic rings. The molecule has 152 valence electrons. The summed E-state index contributed by atoms with van der Waals surface area (Å²) in [6.07, 6.45) is 1.99. The molecule has 9 nitrogen and oxygen atoms in total. The van der Waals surface area contributed by atoms with Gasteiger partial charge >= 0.3 is 0 Å². The molecular formula is C16H31N3O6S. The van der Waals surface area contributed by atoms with E-state index in [0.29, 0.717) is 12.8 Å². The fraction of sp³-hybridized carbons (Fsp3) is 0.812. The van der Waals surface area contributed by atoms with Gasteiger partial charge in [-0.2, -0.15) is 8.42 Å². The summed E-state index contributed by atoms with van der Waals surface area (Å²) in [5.74, 6) is -1.49. The summed E-state index contributed by atoms with van der Waals surface area (Å²) < 4.78 is 27.4. The quantitative estimate of drug-likeness (QED) is 0.490. The van der Waals surface area contributed by atoms with Gasteiger partial charge in [0, 0.05) is 20.5 Å². The Morgan fingerprint density at radius 3 is 2.00 bits per heavy atom. The number of hydrogen-bond acceptors (Lipinski definition) is 6.